The molecule has 1 heterocycles. The van der Waals surface area contributed by atoms with Crippen LogP contribution in [0, 0.1) is 10.8 Å². The Morgan fingerprint density at radius 2 is 1.26 bits per heavy atom. The maximum atomic E-state index is 11.6. The highest BCUT2D eigenvalue weighted by Gasteiger charge is 2.35. The minimum atomic E-state index is -1.04. The number of Topliss-reactive ketones (excluding diaryl/α,β-unsaturated/α-hetero) is 1. The molecule has 0 aromatic heterocycles. The number of hydrogen-bond donors (Lipinski definition) is 3. The number of rotatable bonds is 6. The molecule has 0 unspecified atom stereocenters. The van der Waals surface area contributed by atoms with Crippen LogP contribution in [-0.4, -0.2) is 70.3 Å². The minimum absolute atomic E-state index is 0.0515. The topological polar surface area (TPSA) is 192 Å². The van der Waals surface area contributed by atoms with Crippen LogP contribution in [0.2, 0.25) is 0 Å². The van der Waals surface area contributed by atoms with Gasteiger partial charge in [-0.3, -0.25) is 19.2 Å². The van der Waals surface area contributed by atoms with Crippen molar-refractivity contribution in [2.24, 2.45) is 16.6 Å². The predicted molar refractivity (Wildman–Crippen MR) is 152 cm³/mol. The number of ether oxygens (including phenoxy) is 2. The van der Waals surface area contributed by atoms with E-state index in [0.717, 1.165) is 51.4 Å². The van der Waals surface area contributed by atoms with Crippen molar-refractivity contribution in [3.05, 3.63) is 0 Å². The van der Waals surface area contributed by atoms with Gasteiger partial charge in [0, 0.05) is 12.8 Å². The maximum Gasteiger partial charge on any atom is 0.534 e. The number of aliphatic carboxylic acids is 1. The van der Waals surface area contributed by atoms with Gasteiger partial charge in [-0.2, -0.15) is 0 Å². The first-order chi connectivity index (χ1) is 19.3. The normalized spacial score (nSPS) is 19.1. The first kappa shape index (κ1) is 36.8. The van der Waals surface area contributed by atoms with Crippen molar-refractivity contribution < 1.29 is 48.2 Å². The summed E-state index contributed by atoms with van der Waals surface area (Å²) in [4.78, 5) is 71.4. The molecule has 0 spiro atoms. The molecule has 2 saturated carbocycles. The van der Waals surface area contributed by atoms with Crippen molar-refractivity contribution >= 4 is 35.8 Å². The molecule has 13 nitrogen and oxygen atoms in total. The van der Waals surface area contributed by atoms with E-state index in [1.807, 2.05) is 20.8 Å². The highest BCUT2D eigenvalue weighted by atomic mass is 16.8. The van der Waals surface area contributed by atoms with E-state index >= 15 is 0 Å². The van der Waals surface area contributed by atoms with Crippen LogP contribution in [0.5, 0.6) is 0 Å². The van der Waals surface area contributed by atoms with Gasteiger partial charge in [0.15, 0.2) is 0 Å². The Morgan fingerprint density at radius 1 is 0.833 bits per heavy atom. The molecule has 42 heavy (non-hydrogen) atoms. The van der Waals surface area contributed by atoms with E-state index in [1.54, 1.807) is 20.8 Å². The lowest BCUT2D eigenvalue weighted by Crippen LogP contribution is -2.49. The summed E-state index contributed by atoms with van der Waals surface area (Å²) < 4.78 is 10.1. The molecule has 4 N–H and O–H groups in total. The van der Waals surface area contributed by atoms with Crippen LogP contribution in [-0.2, 0) is 33.5 Å². The van der Waals surface area contributed by atoms with Gasteiger partial charge in [0.1, 0.15) is 24.0 Å². The summed E-state index contributed by atoms with van der Waals surface area (Å²) in [5.74, 6) is -1.97. The first-order valence-corrected chi connectivity index (χ1v) is 14.5. The summed E-state index contributed by atoms with van der Waals surface area (Å²) in [6.45, 7) is 12.7. The summed E-state index contributed by atoms with van der Waals surface area (Å²) in [5.41, 5.74) is 4.91. The summed E-state index contributed by atoms with van der Waals surface area (Å²) in [6, 6.07) is -1.26. The summed E-state index contributed by atoms with van der Waals surface area (Å²) in [5, 5.41) is 12.0. The second-order valence-electron chi connectivity index (χ2n) is 13.0. The number of nitrogens with two attached hydrogens (primary N) is 1. The standard InChI is InChI=1S/C12H21NO4.C10H13NO5.C7H15NO/c1-12(2,3)9(10(14)15)13-11(16)17-8-6-4-5-7-8;12-8-5-6-9(13)11(8)16-10(14)15-7-3-1-2-4-7;1-5(9)6(8)7(2,3)4/h8-9H,4-7H2,1-3H3,(H,13,16)(H,14,15);7H,1-6H2;6H,8H2,1-4H3/t9-;;6-/m1.1/s1. The molecule has 3 amide bonds. The van der Waals surface area contributed by atoms with Crippen LogP contribution in [0.1, 0.15) is 113 Å². The largest absolute Gasteiger partial charge is 0.534 e. The molecule has 13 heteroatoms. The number of amides is 3. The van der Waals surface area contributed by atoms with E-state index in [4.69, 9.17) is 20.3 Å². The van der Waals surface area contributed by atoms with Crippen LogP contribution in [0.15, 0.2) is 0 Å². The fourth-order valence-corrected chi connectivity index (χ4v) is 4.46. The lowest BCUT2D eigenvalue weighted by Gasteiger charge is -2.27. The van der Waals surface area contributed by atoms with Crippen molar-refractivity contribution in [3.8, 4) is 0 Å². The lowest BCUT2D eigenvalue weighted by molar-refractivity contribution is -0.178. The fourth-order valence-electron chi connectivity index (χ4n) is 4.46. The first-order valence-electron chi connectivity index (χ1n) is 14.5. The average Bonchev–Trinajstić information content (AvgIpc) is 3.62. The minimum Gasteiger partial charge on any atom is -0.480 e. The molecule has 1 aliphatic heterocycles. The van der Waals surface area contributed by atoms with Crippen LogP contribution in [0.3, 0.4) is 0 Å². The number of imide groups is 1. The number of carbonyl (C=O) groups is 6. The van der Waals surface area contributed by atoms with Crippen LogP contribution < -0.4 is 11.1 Å². The molecule has 3 aliphatic rings. The molecule has 3 fully saturated rings. The van der Waals surface area contributed by atoms with E-state index in [2.05, 4.69) is 10.2 Å². The van der Waals surface area contributed by atoms with Crippen LogP contribution in [0.4, 0.5) is 9.59 Å². The molecule has 0 aromatic carbocycles. The molecule has 240 valence electrons. The van der Waals surface area contributed by atoms with E-state index in [1.165, 1.54) is 6.92 Å². The Balaban J connectivity index is 0.000000331. The van der Waals surface area contributed by atoms with Gasteiger partial charge in [0.05, 0.1) is 6.04 Å². The molecule has 3 rings (SSSR count). The zero-order chi connectivity index (χ0) is 32.3. The van der Waals surface area contributed by atoms with Gasteiger partial charge < -0.3 is 25.6 Å². The van der Waals surface area contributed by atoms with Gasteiger partial charge in [-0.25, -0.2) is 14.4 Å². The number of carboxylic acid groups (broad SMARTS) is 1. The lowest BCUT2D eigenvalue weighted by atomic mass is 9.85. The van der Waals surface area contributed by atoms with Gasteiger partial charge in [-0.1, -0.05) is 46.6 Å². The van der Waals surface area contributed by atoms with Crippen molar-refractivity contribution in [1.82, 2.24) is 10.4 Å². The van der Waals surface area contributed by atoms with Gasteiger partial charge in [-0.15, -0.1) is 0 Å². The summed E-state index contributed by atoms with van der Waals surface area (Å²) in [6.07, 6.45) is 5.98. The molecule has 2 atom stereocenters. The third-order valence-electron chi connectivity index (χ3n) is 7.06. The van der Waals surface area contributed by atoms with Gasteiger partial charge in [-0.05, 0) is 69.1 Å². The third-order valence-corrected chi connectivity index (χ3v) is 7.06. The number of hydrogen-bond acceptors (Lipinski definition) is 10. The Bertz CT molecular complexity index is 942. The SMILES string of the molecule is CC(=O)[C@@H](N)C(C)(C)C.CC(C)(C)[C@H](NC(=O)OC1CCCC1)C(=O)O.O=C(OC1CCCC1)ON1C(=O)CCC1=O. The predicted octanol–water partition coefficient (Wildman–Crippen LogP) is 4.25. The molecular weight excluding hydrogens is 550 g/mol. The van der Waals surface area contributed by atoms with Crippen molar-refractivity contribution in [2.75, 3.05) is 0 Å². The van der Waals surface area contributed by atoms with E-state index in [-0.39, 0.29) is 42.3 Å². The molecule has 1 saturated heterocycles. The molecule has 2 aliphatic carbocycles. The van der Waals surface area contributed by atoms with Gasteiger partial charge in [0.2, 0.25) is 0 Å². The number of ketones is 1. The average molecular weight is 600 g/mol. The number of carbonyl (C=O) groups excluding carboxylic acids is 5. The number of hydroxylamine groups is 2. The Hall–Kier alpha value is -3.22. The fraction of sp³-hybridized carbons (Fsp3) is 0.793. The summed E-state index contributed by atoms with van der Waals surface area (Å²) in [7, 11) is 0. The van der Waals surface area contributed by atoms with Crippen molar-refractivity contribution in [1.29, 1.82) is 0 Å². The van der Waals surface area contributed by atoms with Crippen LogP contribution >= 0.6 is 0 Å². The smallest absolute Gasteiger partial charge is 0.480 e. The summed E-state index contributed by atoms with van der Waals surface area (Å²) >= 11 is 0. The van der Waals surface area contributed by atoms with E-state index < -0.39 is 41.5 Å². The highest BCUT2D eigenvalue weighted by molar-refractivity contribution is 6.01. The molecule has 0 aromatic rings. The second-order valence-corrected chi connectivity index (χ2v) is 13.0. The monoisotopic (exact) mass is 599 g/mol. The third kappa shape index (κ3) is 13.2. The number of nitrogens with zero attached hydrogens (tertiary/aromatic N) is 1. The molecular formula is C29H49N3O10. The number of nitrogens with one attached hydrogen (secondary N) is 1. The van der Waals surface area contributed by atoms with Gasteiger partial charge >= 0.3 is 18.2 Å². The number of alkyl carbamates (subject to hydrolysis) is 1. The van der Waals surface area contributed by atoms with Crippen molar-refractivity contribution in [3.63, 3.8) is 0 Å². The molecule has 0 bridgehead atoms. The maximum absolute atomic E-state index is 11.6. The molecule has 0 radical (unpaired) electrons. The quantitative estimate of drug-likeness (QED) is 0.292. The Labute approximate surface area is 248 Å². The zero-order valence-electron chi connectivity index (χ0n) is 26.0. The number of carboxylic acids is 1. The van der Waals surface area contributed by atoms with Crippen molar-refractivity contribution in [2.45, 2.75) is 137 Å². The van der Waals surface area contributed by atoms with E-state index in [0.29, 0.717) is 5.06 Å². The highest BCUT2D eigenvalue weighted by Crippen LogP contribution is 2.24. The van der Waals surface area contributed by atoms with Crippen LogP contribution in [0.25, 0.3) is 0 Å². The Morgan fingerprint density at radius 3 is 1.60 bits per heavy atom. The van der Waals surface area contributed by atoms with Gasteiger partial charge in [0.25, 0.3) is 11.8 Å². The Kier molecular flexibility index (Phi) is 14.4. The second kappa shape index (κ2) is 16.4. The zero-order valence-corrected chi connectivity index (χ0v) is 26.0. The van der Waals surface area contributed by atoms with E-state index in [9.17, 15) is 28.8 Å².